The molecule has 1 aliphatic rings. The number of hydrogen-bond acceptors (Lipinski definition) is 6. The zero-order valence-corrected chi connectivity index (χ0v) is 18.9. The zero-order valence-electron chi connectivity index (χ0n) is 17.3. The van der Waals surface area contributed by atoms with Crippen LogP contribution >= 0.6 is 23.1 Å². The molecule has 4 rings (SSSR count). The van der Waals surface area contributed by atoms with Crippen molar-refractivity contribution in [2.75, 3.05) is 17.2 Å². The highest BCUT2D eigenvalue weighted by atomic mass is 32.2. The van der Waals surface area contributed by atoms with Crippen LogP contribution in [-0.4, -0.2) is 33.0 Å². The second-order valence-corrected chi connectivity index (χ2v) is 9.55. The van der Waals surface area contributed by atoms with Crippen LogP contribution in [0.4, 0.5) is 5.69 Å². The van der Waals surface area contributed by atoms with Gasteiger partial charge in [0.15, 0.2) is 5.16 Å². The van der Waals surface area contributed by atoms with Crippen LogP contribution in [0.5, 0.6) is 0 Å². The van der Waals surface area contributed by atoms with Gasteiger partial charge in [0, 0.05) is 23.0 Å². The summed E-state index contributed by atoms with van der Waals surface area (Å²) < 4.78 is 2.27. The van der Waals surface area contributed by atoms with E-state index in [1.54, 1.807) is 11.3 Å². The minimum absolute atomic E-state index is 0.0301. The molecule has 1 amide bonds. The smallest absolute Gasteiger partial charge is 0.238 e. The molecule has 31 heavy (non-hydrogen) atoms. The average Bonchev–Trinajstić information content (AvgIpc) is 3.47. The first-order chi connectivity index (χ1) is 15.3. The SMILES string of the molecule is N#CCN(C(=O)CSc1nnc(Cc2cccs2)n1C1CCCCC1)c1ccccc1. The minimum atomic E-state index is -0.101. The van der Waals surface area contributed by atoms with Gasteiger partial charge in [-0.25, -0.2) is 0 Å². The summed E-state index contributed by atoms with van der Waals surface area (Å²) >= 11 is 3.15. The van der Waals surface area contributed by atoms with Gasteiger partial charge in [-0.15, -0.1) is 21.5 Å². The van der Waals surface area contributed by atoms with Crippen LogP contribution in [0.15, 0.2) is 53.0 Å². The fourth-order valence-electron chi connectivity index (χ4n) is 4.01. The maximum Gasteiger partial charge on any atom is 0.238 e. The number of nitrogens with zero attached hydrogens (tertiary/aromatic N) is 5. The molecule has 0 atom stereocenters. The summed E-state index contributed by atoms with van der Waals surface area (Å²) in [6, 6.07) is 16.0. The van der Waals surface area contributed by atoms with Crippen molar-refractivity contribution in [1.29, 1.82) is 5.26 Å². The lowest BCUT2D eigenvalue weighted by Gasteiger charge is -2.26. The lowest BCUT2D eigenvalue weighted by molar-refractivity contribution is -0.116. The topological polar surface area (TPSA) is 74.8 Å². The fourth-order valence-corrected chi connectivity index (χ4v) is 5.61. The normalized spacial score (nSPS) is 14.3. The largest absolute Gasteiger partial charge is 0.303 e. The third kappa shape index (κ3) is 5.35. The third-order valence-electron chi connectivity index (χ3n) is 5.51. The lowest BCUT2D eigenvalue weighted by Crippen LogP contribution is -2.32. The number of anilines is 1. The van der Waals surface area contributed by atoms with Crippen LogP contribution in [0.3, 0.4) is 0 Å². The molecule has 2 aromatic heterocycles. The molecule has 0 bridgehead atoms. The quantitative estimate of drug-likeness (QED) is 0.352. The molecule has 0 saturated heterocycles. The molecule has 8 heteroatoms. The first-order valence-corrected chi connectivity index (χ1v) is 12.4. The number of carbonyl (C=O) groups excluding carboxylic acids is 1. The molecule has 1 fully saturated rings. The van der Waals surface area contributed by atoms with Crippen molar-refractivity contribution < 1.29 is 4.79 Å². The van der Waals surface area contributed by atoms with E-state index in [0.717, 1.165) is 35.9 Å². The van der Waals surface area contributed by atoms with E-state index in [9.17, 15) is 10.1 Å². The van der Waals surface area contributed by atoms with E-state index in [0.29, 0.717) is 6.04 Å². The number of rotatable bonds is 8. The summed E-state index contributed by atoms with van der Waals surface area (Å²) in [5.41, 5.74) is 0.738. The van der Waals surface area contributed by atoms with Gasteiger partial charge in [-0.2, -0.15) is 5.26 Å². The first kappa shape index (κ1) is 21.6. The molecule has 1 aromatic carbocycles. The Balaban J connectivity index is 1.52. The average molecular weight is 452 g/mol. The summed E-state index contributed by atoms with van der Waals surface area (Å²) in [5, 5.41) is 21.1. The predicted molar refractivity (Wildman–Crippen MR) is 124 cm³/mol. The Bertz CT molecular complexity index is 1020. The summed E-state index contributed by atoms with van der Waals surface area (Å²) in [6.45, 7) is 0.0301. The summed E-state index contributed by atoms with van der Waals surface area (Å²) in [4.78, 5) is 15.7. The summed E-state index contributed by atoms with van der Waals surface area (Å²) in [6.07, 6.45) is 6.73. The van der Waals surface area contributed by atoms with Gasteiger partial charge in [-0.05, 0) is 36.4 Å². The van der Waals surface area contributed by atoms with Crippen molar-refractivity contribution in [3.8, 4) is 6.07 Å². The molecule has 1 aliphatic carbocycles. The Morgan fingerprint density at radius 2 is 1.97 bits per heavy atom. The molecule has 0 radical (unpaired) electrons. The van der Waals surface area contributed by atoms with E-state index in [-0.39, 0.29) is 18.2 Å². The van der Waals surface area contributed by atoms with Crippen LogP contribution in [0.2, 0.25) is 0 Å². The number of thiophene rings is 1. The van der Waals surface area contributed by atoms with Gasteiger partial charge in [-0.1, -0.05) is 55.3 Å². The molecule has 0 unspecified atom stereocenters. The van der Waals surface area contributed by atoms with Crippen molar-refractivity contribution in [3.05, 3.63) is 58.5 Å². The van der Waals surface area contributed by atoms with E-state index in [1.165, 1.54) is 40.8 Å². The van der Waals surface area contributed by atoms with Crippen molar-refractivity contribution >= 4 is 34.7 Å². The van der Waals surface area contributed by atoms with E-state index in [2.05, 4.69) is 38.3 Å². The number of hydrogen-bond donors (Lipinski definition) is 0. The Morgan fingerprint density at radius 1 is 1.16 bits per heavy atom. The van der Waals surface area contributed by atoms with Gasteiger partial charge in [0.05, 0.1) is 11.8 Å². The molecule has 6 nitrogen and oxygen atoms in total. The molecular weight excluding hydrogens is 426 g/mol. The molecule has 1 saturated carbocycles. The standard InChI is InChI=1S/C23H25N5OS2/c24-13-14-27(18-8-3-1-4-9-18)22(29)17-31-23-26-25-21(16-20-12-7-15-30-20)28(23)19-10-5-2-6-11-19/h1,3-4,7-9,12,15,19H,2,5-6,10-11,14,16-17H2. The second kappa shape index (κ2) is 10.6. The molecule has 0 N–H and O–H groups in total. The molecule has 2 heterocycles. The number of benzene rings is 1. The van der Waals surface area contributed by atoms with E-state index < -0.39 is 0 Å². The van der Waals surface area contributed by atoms with Crippen molar-refractivity contribution in [3.63, 3.8) is 0 Å². The lowest BCUT2D eigenvalue weighted by atomic mass is 9.95. The highest BCUT2D eigenvalue weighted by Gasteiger charge is 2.24. The Labute approximate surface area is 190 Å². The minimum Gasteiger partial charge on any atom is -0.303 e. The van der Waals surface area contributed by atoms with Crippen LogP contribution < -0.4 is 4.90 Å². The first-order valence-electron chi connectivity index (χ1n) is 10.6. The van der Waals surface area contributed by atoms with Gasteiger partial charge in [0.25, 0.3) is 0 Å². The third-order valence-corrected chi connectivity index (χ3v) is 7.31. The maximum absolute atomic E-state index is 13.0. The number of para-hydroxylation sites is 1. The highest BCUT2D eigenvalue weighted by molar-refractivity contribution is 7.99. The van der Waals surface area contributed by atoms with Crippen LogP contribution in [-0.2, 0) is 11.2 Å². The second-order valence-electron chi connectivity index (χ2n) is 7.58. The molecule has 160 valence electrons. The molecule has 0 spiro atoms. The Kier molecular flexibility index (Phi) is 7.39. The van der Waals surface area contributed by atoms with Crippen molar-refractivity contribution in [1.82, 2.24) is 14.8 Å². The van der Waals surface area contributed by atoms with Crippen LogP contribution in [0.25, 0.3) is 0 Å². The number of carbonyl (C=O) groups is 1. The van der Waals surface area contributed by atoms with E-state index in [4.69, 9.17) is 0 Å². The van der Waals surface area contributed by atoms with Crippen molar-refractivity contribution in [2.45, 2.75) is 49.7 Å². The van der Waals surface area contributed by atoms with Gasteiger partial charge < -0.3 is 4.57 Å². The van der Waals surface area contributed by atoms with Gasteiger partial charge in [0.1, 0.15) is 12.4 Å². The van der Waals surface area contributed by atoms with Gasteiger partial charge >= 0.3 is 0 Å². The van der Waals surface area contributed by atoms with Gasteiger partial charge in [-0.3, -0.25) is 9.69 Å². The highest BCUT2D eigenvalue weighted by Crippen LogP contribution is 2.33. The van der Waals surface area contributed by atoms with Gasteiger partial charge in [0.2, 0.25) is 5.91 Å². The van der Waals surface area contributed by atoms with E-state index in [1.807, 2.05) is 30.3 Å². The summed E-state index contributed by atoms with van der Waals surface area (Å²) in [5.74, 6) is 1.09. The molecule has 0 aliphatic heterocycles. The number of nitriles is 1. The molecule has 3 aromatic rings. The van der Waals surface area contributed by atoms with Crippen molar-refractivity contribution in [2.24, 2.45) is 0 Å². The Morgan fingerprint density at radius 3 is 2.68 bits per heavy atom. The maximum atomic E-state index is 13.0. The number of aromatic nitrogens is 3. The summed E-state index contributed by atoms with van der Waals surface area (Å²) in [7, 11) is 0. The predicted octanol–water partition coefficient (Wildman–Crippen LogP) is 5.08. The molecular formula is C23H25N5OS2. The fraction of sp³-hybridized carbons (Fsp3) is 0.391. The zero-order chi connectivity index (χ0) is 21.5. The van der Waals surface area contributed by atoms with Crippen LogP contribution in [0.1, 0.15) is 48.8 Å². The Hall–Kier alpha value is -2.63. The van der Waals surface area contributed by atoms with Crippen LogP contribution in [0, 0.1) is 11.3 Å². The number of amides is 1. The van der Waals surface area contributed by atoms with E-state index >= 15 is 0 Å². The number of thioether (sulfide) groups is 1. The monoisotopic (exact) mass is 451 g/mol.